The van der Waals surface area contributed by atoms with Crippen molar-refractivity contribution in [2.24, 2.45) is 5.92 Å². The molecule has 2 aromatic rings. The first-order valence-corrected chi connectivity index (χ1v) is 14.6. The predicted octanol–water partition coefficient (Wildman–Crippen LogP) is 4.26. The van der Waals surface area contributed by atoms with Crippen LogP contribution in [0.15, 0.2) is 15.9 Å². The molecule has 7 nitrogen and oxygen atoms in total. The van der Waals surface area contributed by atoms with Gasteiger partial charge in [0, 0.05) is 24.5 Å². The second kappa shape index (κ2) is 10.6. The van der Waals surface area contributed by atoms with Crippen molar-refractivity contribution in [3.8, 4) is 0 Å². The van der Waals surface area contributed by atoms with Crippen molar-refractivity contribution in [1.29, 1.82) is 0 Å². The molecule has 0 bridgehead atoms. The van der Waals surface area contributed by atoms with Gasteiger partial charge in [0.2, 0.25) is 0 Å². The predicted molar refractivity (Wildman–Crippen MR) is 132 cm³/mol. The molecule has 192 valence electrons. The van der Waals surface area contributed by atoms with Crippen molar-refractivity contribution < 1.29 is 22.3 Å². The molecule has 0 amide bonds. The number of carbonyl (C=O) groups is 1. The Hall–Kier alpha value is -1.91. The van der Waals surface area contributed by atoms with Gasteiger partial charge in [-0.2, -0.15) is 4.39 Å². The lowest BCUT2D eigenvalue weighted by molar-refractivity contribution is -0.122. The molecular weight excluding hydrogens is 491 g/mol. The zero-order valence-corrected chi connectivity index (χ0v) is 22.1. The summed E-state index contributed by atoms with van der Waals surface area (Å²) in [7, 11) is -3.65. The van der Waals surface area contributed by atoms with Crippen LogP contribution >= 0.6 is 11.3 Å². The fourth-order valence-corrected chi connectivity index (χ4v) is 8.57. The van der Waals surface area contributed by atoms with E-state index in [1.54, 1.807) is 20.8 Å². The number of ether oxygens (including phenoxy) is 1. The number of hydrogen-bond donors (Lipinski definition) is 0. The average molecular weight is 525 g/mol. The van der Waals surface area contributed by atoms with Gasteiger partial charge in [-0.3, -0.25) is 9.59 Å². The largest absolute Gasteiger partial charge is 0.381 e. The van der Waals surface area contributed by atoms with Crippen molar-refractivity contribution >= 4 is 27.0 Å². The van der Waals surface area contributed by atoms with Crippen LogP contribution in [0, 0.1) is 31.8 Å². The smallest absolute Gasteiger partial charge is 0.255 e. The lowest BCUT2D eigenvalue weighted by Gasteiger charge is -2.30. The zero-order valence-electron chi connectivity index (χ0n) is 20.5. The molecule has 1 saturated heterocycles. The van der Waals surface area contributed by atoms with Crippen molar-refractivity contribution in [3.63, 3.8) is 0 Å². The monoisotopic (exact) mass is 524 g/mol. The molecule has 2 aliphatic rings. The minimum absolute atomic E-state index is 0.0748. The molecule has 0 aromatic carbocycles. The maximum absolute atomic E-state index is 13.7. The van der Waals surface area contributed by atoms with Crippen LogP contribution in [0.1, 0.15) is 72.8 Å². The highest BCUT2D eigenvalue weighted by atomic mass is 32.2. The molecule has 1 saturated carbocycles. The van der Waals surface area contributed by atoms with E-state index in [4.69, 9.17) is 4.74 Å². The van der Waals surface area contributed by atoms with Gasteiger partial charge < -0.3 is 9.30 Å². The Morgan fingerprint density at radius 2 is 1.83 bits per heavy atom. The van der Waals surface area contributed by atoms with Crippen molar-refractivity contribution in [2.75, 3.05) is 13.2 Å². The molecular formula is C25H33FN2O5S2. The maximum Gasteiger partial charge on any atom is 0.255 e. The lowest BCUT2D eigenvalue weighted by atomic mass is 9.89. The van der Waals surface area contributed by atoms with Gasteiger partial charge >= 0.3 is 0 Å². The van der Waals surface area contributed by atoms with E-state index in [0.717, 1.165) is 43.2 Å². The Kier molecular flexibility index (Phi) is 7.92. The van der Waals surface area contributed by atoms with E-state index in [9.17, 15) is 22.4 Å². The van der Waals surface area contributed by atoms with E-state index in [0.29, 0.717) is 48.7 Å². The molecule has 35 heavy (non-hydrogen) atoms. The Balaban J connectivity index is 1.78. The Morgan fingerprint density at radius 1 is 1.17 bits per heavy atom. The van der Waals surface area contributed by atoms with E-state index in [1.807, 2.05) is 0 Å². The molecule has 4 rings (SSSR count). The van der Waals surface area contributed by atoms with Gasteiger partial charge in [-0.15, -0.1) is 0 Å². The molecule has 1 aliphatic heterocycles. The van der Waals surface area contributed by atoms with Crippen LogP contribution in [0.25, 0.3) is 0 Å². The van der Waals surface area contributed by atoms with E-state index in [1.165, 1.54) is 4.57 Å². The van der Waals surface area contributed by atoms with Gasteiger partial charge in [0.05, 0.1) is 28.8 Å². The maximum atomic E-state index is 13.7. The second-order valence-corrected chi connectivity index (χ2v) is 13.0. The highest BCUT2D eigenvalue weighted by Crippen LogP contribution is 2.34. The summed E-state index contributed by atoms with van der Waals surface area (Å²) in [6.07, 6.45) is 6.00. The lowest BCUT2D eigenvalue weighted by Crippen LogP contribution is -2.38. The summed E-state index contributed by atoms with van der Waals surface area (Å²) in [5, 5.41) is -0.562. The zero-order chi connectivity index (χ0) is 25.3. The first-order valence-electron chi connectivity index (χ1n) is 12.3. The van der Waals surface area contributed by atoms with Gasteiger partial charge in [0.25, 0.3) is 5.56 Å². The van der Waals surface area contributed by atoms with Crippen LogP contribution in [-0.4, -0.2) is 42.2 Å². The van der Waals surface area contributed by atoms with E-state index in [2.05, 4.69) is 4.98 Å². The first kappa shape index (κ1) is 26.2. The molecule has 1 aliphatic carbocycles. The highest BCUT2D eigenvalue weighted by Gasteiger charge is 2.36. The van der Waals surface area contributed by atoms with Gasteiger partial charge in [0.1, 0.15) is 5.01 Å². The van der Waals surface area contributed by atoms with Crippen molar-refractivity contribution in [3.05, 3.63) is 43.5 Å². The Morgan fingerprint density at radius 3 is 2.43 bits per heavy atom. The van der Waals surface area contributed by atoms with Crippen LogP contribution in [0.5, 0.6) is 0 Å². The summed E-state index contributed by atoms with van der Waals surface area (Å²) >= 11 is 0.824. The van der Waals surface area contributed by atoms with Crippen LogP contribution in [-0.2, 0) is 25.8 Å². The van der Waals surface area contributed by atoms with E-state index >= 15 is 0 Å². The number of sulfone groups is 1. The number of pyridine rings is 1. The number of thiazole rings is 1. The third kappa shape index (κ3) is 5.29. The Labute approximate surface area is 209 Å². The highest BCUT2D eigenvalue weighted by molar-refractivity contribution is 7.92. The molecule has 0 radical (unpaired) electrons. The summed E-state index contributed by atoms with van der Waals surface area (Å²) in [4.78, 5) is 31.4. The Bertz CT molecular complexity index is 1260. The molecule has 0 spiro atoms. The van der Waals surface area contributed by atoms with Gasteiger partial charge in [-0.25, -0.2) is 13.4 Å². The van der Waals surface area contributed by atoms with Crippen LogP contribution in [0.4, 0.5) is 4.39 Å². The van der Waals surface area contributed by atoms with Crippen LogP contribution < -0.4 is 5.56 Å². The third-order valence-electron chi connectivity index (χ3n) is 7.58. The summed E-state index contributed by atoms with van der Waals surface area (Å²) in [6.45, 7) is 6.21. The van der Waals surface area contributed by atoms with Crippen LogP contribution in [0.2, 0.25) is 0 Å². The summed E-state index contributed by atoms with van der Waals surface area (Å²) in [5.74, 6) is -0.0271. The number of Topliss-reactive ketones (excluding diaryl/α,β-unsaturated/α-hetero) is 1. The molecule has 0 N–H and O–H groups in total. The van der Waals surface area contributed by atoms with Crippen molar-refractivity contribution in [1.82, 2.24) is 9.55 Å². The fraction of sp³-hybridized carbons (Fsp3) is 0.640. The molecule has 10 heteroatoms. The number of ketones is 1. The minimum Gasteiger partial charge on any atom is -0.381 e. The number of carbonyl (C=O) groups excluding carboxylic acids is 1. The summed E-state index contributed by atoms with van der Waals surface area (Å²) in [6, 6.07) is -0.779. The van der Waals surface area contributed by atoms with Gasteiger partial charge in [-0.05, 0) is 64.4 Å². The average Bonchev–Trinajstić information content (AvgIpc) is 3.50. The second-order valence-electron chi connectivity index (χ2n) is 9.80. The molecule has 2 fully saturated rings. The van der Waals surface area contributed by atoms with Crippen molar-refractivity contribution in [2.45, 2.75) is 88.3 Å². The summed E-state index contributed by atoms with van der Waals surface area (Å²) < 4.78 is 47.4. The fourth-order valence-electron chi connectivity index (χ4n) is 5.54. The number of nitrogens with zero attached hydrogens (tertiary/aromatic N) is 2. The minimum atomic E-state index is -3.65. The third-order valence-corrected chi connectivity index (χ3v) is 10.9. The van der Waals surface area contributed by atoms with Gasteiger partial charge in [0.15, 0.2) is 20.8 Å². The first-order chi connectivity index (χ1) is 16.6. The standard InChI is InChI=1S/C25H33FN2O5S2/c1-15-17(3)28(25(30)16(2)24(15)35(31,32)19-6-4-5-7-19)20(12-18-8-10-33-11-9-18)21(29)13-23-27-14-22(26)34-23/h14,18-20H,4-13H2,1-3H3. The molecule has 2 aromatic heterocycles. The van der Waals surface area contributed by atoms with Gasteiger partial charge in [-0.1, -0.05) is 24.2 Å². The molecule has 3 heterocycles. The SMILES string of the molecule is Cc1c(S(=O)(=O)C2CCCC2)c(C)c(=O)n(C(CC2CCOCC2)C(=O)Cc2ncc(F)s2)c1C. The summed E-state index contributed by atoms with van der Waals surface area (Å²) in [5.41, 5.74) is 0.748. The normalized spacial score (nSPS) is 18.7. The topological polar surface area (TPSA) is 95.3 Å². The molecule has 1 unspecified atom stereocenters. The number of aromatic nitrogens is 2. The number of hydrogen-bond acceptors (Lipinski definition) is 7. The van der Waals surface area contributed by atoms with E-state index in [-0.39, 0.29) is 28.6 Å². The number of rotatable bonds is 8. The quantitative estimate of drug-likeness (QED) is 0.512. The van der Waals surface area contributed by atoms with E-state index < -0.39 is 31.8 Å². The number of halogens is 1. The van der Waals surface area contributed by atoms with Crippen LogP contribution in [0.3, 0.4) is 0 Å². The molecule has 1 atom stereocenters.